The monoisotopic (exact) mass is 469 g/mol. The molecular formula is C18H32FN2NdO2. The molecule has 0 aromatic rings. The van der Waals surface area contributed by atoms with E-state index in [1.807, 2.05) is 13.8 Å². The van der Waals surface area contributed by atoms with E-state index >= 15 is 0 Å². The van der Waals surface area contributed by atoms with Crippen LogP contribution in [0.2, 0.25) is 0 Å². The smallest absolute Gasteiger partial charge is 1.00 e. The van der Waals surface area contributed by atoms with Crippen LogP contribution >= 0.6 is 0 Å². The number of hydrogen-bond donors (Lipinski definition) is 0. The predicted octanol–water partition coefficient (Wildman–Crippen LogP) is 1.05. The standard InChI is InChI=1S/2C9H17NO.FH.Nd/c2*1-2-9(11)10-8-6-4-3-5-7-8;;/h2*8H,2-7H2,1H3,(H,10,11);1H;/q;;;+3/p-3. The van der Waals surface area contributed by atoms with Crippen molar-refractivity contribution in [3.8, 4) is 0 Å². The van der Waals surface area contributed by atoms with E-state index in [2.05, 4.69) is 1.97 Å². The van der Waals surface area contributed by atoms with Crippen molar-refractivity contribution in [2.24, 2.45) is 0 Å². The zero-order valence-electron chi connectivity index (χ0n) is 15.2. The molecule has 4 nitrogen and oxygen atoms in total. The maximum absolute atomic E-state index is 12.6. The molecule has 0 aliphatic heterocycles. The Morgan fingerprint density at radius 1 is 0.750 bits per heavy atom. The number of carbonyl (C=O) groups excluding carboxylic acids is 2. The summed E-state index contributed by atoms with van der Waals surface area (Å²) in [5.74, 6) is 0.592. The molecule has 0 unspecified atom stereocenters. The Kier molecular flexibility index (Phi) is 10.9. The van der Waals surface area contributed by atoms with Gasteiger partial charge in [0.05, 0.1) is 0 Å². The largest absolute Gasteiger partial charge is 1.00 e. The van der Waals surface area contributed by atoms with Crippen molar-refractivity contribution in [2.75, 3.05) is 0 Å². The molecule has 0 bridgehead atoms. The summed E-state index contributed by atoms with van der Waals surface area (Å²) in [6, 6.07) is 0.852. The van der Waals surface area contributed by atoms with Crippen molar-refractivity contribution in [3.05, 3.63) is 0 Å². The van der Waals surface area contributed by atoms with Crippen LogP contribution in [0.4, 0.5) is 0 Å². The van der Waals surface area contributed by atoms with Gasteiger partial charge in [0.25, 0.3) is 0 Å². The van der Waals surface area contributed by atoms with Crippen molar-refractivity contribution in [3.63, 3.8) is 0 Å². The van der Waals surface area contributed by atoms with E-state index in [1.54, 1.807) is 0 Å². The van der Waals surface area contributed by atoms with Crippen LogP contribution in [0.15, 0.2) is 0 Å². The van der Waals surface area contributed by atoms with Crippen molar-refractivity contribution in [2.45, 2.75) is 103 Å². The molecule has 2 fully saturated rings. The van der Waals surface area contributed by atoms with Gasteiger partial charge in [-0.15, -0.1) is 0 Å². The van der Waals surface area contributed by atoms with Gasteiger partial charge in [-0.1, -0.05) is 0 Å². The zero-order chi connectivity index (χ0) is 16.7. The third-order valence-corrected chi connectivity index (χ3v) is 10.6. The summed E-state index contributed by atoms with van der Waals surface area (Å²) >= 11 is -1.61. The van der Waals surface area contributed by atoms with Gasteiger partial charge in [-0.25, -0.2) is 0 Å². The number of halogens is 1. The Balaban J connectivity index is 0.00000288. The quantitative estimate of drug-likeness (QED) is 0.581. The number of amides is 2. The van der Waals surface area contributed by atoms with Crippen molar-refractivity contribution >= 4 is 11.8 Å². The molecule has 0 aromatic heterocycles. The molecule has 2 amide bonds. The molecule has 0 spiro atoms. The number of rotatable bonds is 6. The molecule has 6 heteroatoms. The molecule has 0 atom stereocenters. The summed E-state index contributed by atoms with van der Waals surface area (Å²) in [5.41, 5.74) is 0. The topological polar surface area (TPSA) is 40.6 Å². The Hall–Kier alpha value is 0.221. The molecule has 137 valence electrons. The van der Waals surface area contributed by atoms with Crippen LogP contribution in [0, 0.1) is 37.5 Å². The summed E-state index contributed by atoms with van der Waals surface area (Å²) in [4.78, 5) is 25.2. The second-order valence-electron chi connectivity index (χ2n) is 6.92. The second kappa shape index (κ2) is 11.8. The first-order valence-electron chi connectivity index (χ1n) is 9.57. The van der Waals surface area contributed by atoms with Crippen LogP contribution in [0.5, 0.6) is 0 Å². The number of nitrogens with zero attached hydrogens (tertiary/aromatic N) is 2. The molecule has 2 saturated carbocycles. The fraction of sp³-hybridized carbons (Fsp3) is 0.889. The predicted molar refractivity (Wildman–Crippen MR) is 88.0 cm³/mol. The molecule has 2 aliphatic carbocycles. The normalized spacial score (nSPS) is 19.1. The van der Waals surface area contributed by atoms with Gasteiger partial charge in [-0.2, -0.15) is 0 Å². The molecule has 0 saturated heterocycles. The Bertz CT molecular complexity index is 360. The summed E-state index contributed by atoms with van der Waals surface area (Å²) in [7, 11) is 0. The van der Waals surface area contributed by atoms with E-state index in [1.165, 1.54) is 38.5 Å². The fourth-order valence-electron chi connectivity index (χ4n) is 3.82. The van der Waals surface area contributed by atoms with Crippen LogP contribution in [-0.2, 0) is 9.59 Å². The first-order chi connectivity index (χ1) is 11.2. The molecule has 0 radical (unpaired) electrons. The zero-order valence-corrected chi connectivity index (χ0v) is 18.4. The van der Waals surface area contributed by atoms with Crippen molar-refractivity contribution in [1.29, 1.82) is 0 Å². The first kappa shape index (κ1) is 22.3. The molecule has 0 aromatic carbocycles. The van der Waals surface area contributed by atoms with Crippen LogP contribution < -0.4 is 4.70 Å². The maximum atomic E-state index is 12.6. The molecule has 0 N–H and O–H groups in total. The van der Waals surface area contributed by atoms with Gasteiger partial charge in [0.15, 0.2) is 0 Å². The SMILES string of the molecule is CCC(=O)[N]([Nd+][N](C(=O)CC)C1CCCCC1)C1CCCCC1.[F-]. The minimum atomic E-state index is -1.61. The second-order valence-corrected chi connectivity index (χ2v) is 10.7. The van der Waals surface area contributed by atoms with Crippen LogP contribution in [0.1, 0.15) is 90.9 Å². The first-order valence-corrected chi connectivity index (χ1v) is 12.4. The minimum Gasteiger partial charge on any atom is -1.00 e. The van der Waals surface area contributed by atoms with E-state index in [4.69, 9.17) is 0 Å². The fourth-order valence-corrected chi connectivity index (χ4v) is 9.00. The van der Waals surface area contributed by atoms with Crippen LogP contribution in [0.25, 0.3) is 0 Å². The van der Waals surface area contributed by atoms with E-state index in [9.17, 15) is 9.59 Å². The van der Waals surface area contributed by atoms with Gasteiger partial charge in [0, 0.05) is 0 Å². The minimum absolute atomic E-state index is 0. The molecule has 24 heavy (non-hydrogen) atoms. The number of hydrogen-bond acceptors (Lipinski definition) is 2. The average molecular weight is 472 g/mol. The van der Waals surface area contributed by atoms with Gasteiger partial charge in [0.1, 0.15) is 0 Å². The van der Waals surface area contributed by atoms with E-state index in [0.29, 0.717) is 36.7 Å². The van der Waals surface area contributed by atoms with Crippen molar-refractivity contribution in [1.82, 2.24) is 1.97 Å². The summed E-state index contributed by atoms with van der Waals surface area (Å²) in [6.07, 6.45) is 13.4. The summed E-state index contributed by atoms with van der Waals surface area (Å²) in [5, 5.41) is 0. The molecule has 2 aliphatic rings. The molecule has 0 heterocycles. The van der Waals surface area contributed by atoms with E-state index < -0.39 is 37.5 Å². The third-order valence-electron chi connectivity index (χ3n) is 5.24. The van der Waals surface area contributed by atoms with Gasteiger partial charge < -0.3 is 4.70 Å². The van der Waals surface area contributed by atoms with Crippen LogP contribution in [-0.4, -0.2) is 25.9 Å². The van der Waals surface area contributed by atoms with Gasteiger partial charge in [0.2, 0.25) is 0 Å². The van der Waals surface area contributed by atoms with Crippen molar-refractivity contribution < 1.29 is 51.8 Å². The van der Waals surface area contributed by atoms with E-state index in [0.717, 1.165) is 25.7 Å². The van der Waals surface area contributed by atoms with Crippen LogP contribution in [0.3, 0.4) is 0 Å². The third kappa shape index (κ3) is 6.19. The molecular weight excluding hydrogens is 439 g/mol. The average Bonchev–Trinajstić information content (AvgIpc) is 2.63. The number of carbonyl (C=O) groups is 2. The Morgan fingerprint density at radius 3 is 1.38 bits per heavy atom. The van der Waals surface area contributed by atoms with Gasteiger partial charge in [-0.3, -0.25) is 0 Å². The Labute approximate surface area is 167 Å². The van der Waals surface area contributed by atoms with Gasteiger partial charge >= 0.3 is 164 Å². The van der Waals surface area contributed by atoms with Gasteiger partial charge in [-0.05, 0) is 0 Å². The summed E-state index contributed by atoms with van der Waals surface area (Å²) in [6.45, 7) is 3.93. The summed E-state index contributed by atoms with van der Waals surface area (Å²) < 4.78 is 4.45. The Morgan fingerprint density at radius 2 is 1.08 bits per heavy atom. The molecule has 2 rings (SSSR count). The van der Waals surface area contributed by atoms with E-state index in [-0.39, 0.29) is 4.70 Å². The maximum Gasteiger partial charge on any atom is -1.00 e.